The number of hydrogen-bond acceptors (Lipinski definition) is 2. The lowest BCUT2D eigenvalue weighted by Crippen LogP contribution is -2.41. The monoisotopic (exact) mass is 349 g/mol. The molecule has 1 aliphatic heterocycles. The summed E-state index contributed by atoms with van der Waals surface area (Å²) in [6.07, 6.45) is 4.40. The number of fused-ring (bicyclic) bond motifs is 1. The van der Waals surface area contributed by atoms with Crippen LogP contribution in [0.1, 0.15) is 36.4 Å². The van der Waals surface area contributed by atoms with E-state index in [0.29, 0.717) is 5.92 Å². The second-order valence-electron chi connectivity index (χ2n) is 7.43. The zero-order valence-corrected chi connectivity index (χ0v) is 15.2. The number of hydrogen-bond donors (Lipinski definition) is 2. The molecule has 2 aliphatic rings. The third-order valence-electron chi connectivity index (χ3n) is 5.63. The second kappa shape index (κ2) is 7.81. The number of aryl methyl sites for hydroxylation is 1. The highest BCUT2D eigenvalue weighted by atomic mass is 16.2. The molecule has 2 aromatic carbocycles. The number of carbonyl (C=O) groups is 1. The Morgan fingerprint density at radius 1 is 1.04 bits per heavy atom. The SMILES string of the molecule is O=C(NC[C@H]1CCN(c2ccccc2)C1)N[C@@H]1CCCc2ccccc21. The molecule has 2 amide bonds. The van der Waals surface area contributed by atoms with Crippen molar-refractivity contribution in [3.05, 3.63) is 65.7 Å². The number of nitrogens with one attached hydrogen (secondary N) is 2. The molecule has 0 bridgehead atoms. The smallest absolute Gasteiger partial charge is 0.315 e. The van der Waals surface area contributed by atoms with Crippen LogP contribution in [0.15, 0.2) is 54.6 Å². The Balaban J connectivity index is 1.26. The summed E-state index contributed by atoms with van der Waals surface area (Å²) >= 11 is 0. The topological polar surface area (TPSA) is 44.4 Å². The van der Waals surface area contributed by atoms with Crippen LogP contribution in [0.25, 0.3) is 0 Å². The number of urea groups is 1. The van der Waals surface area contributed by atoms with Gasteiger partial charge in [-0.3, -0.25) is 0 Å². The van der Waals surface area contributed by atoms with E-state index < -0.39 is 0 Å². The maximum atomic E-state index is 12.4. The molecule has 0 radical (unpaired) electrons. The van der Waals surface area contributed by atoms with Gasteiger partial charge in [0.2, 0.25) is 0 Å². The largest absolute Gasteiger partial charge is 0.371 e. The van der Waals surface area contributed by atoms with Gasteiger partial charge < -0.3 is 15.5 Å². The normalized spacial score (nSPS) is 21.9. The van der Waals surface area contributed by atoms with Gasteiger partial charge in [0.15, 0.2) is 0 Å². The van der Waals surface area contributed by atoms with Crippen molar-refractivity contribution >= 4 is 11.7 Å². The first-order chi connectivity index (χ1) is 12.8. The van der Waals surface area contributed by atoms with E-state index in [1.165, 1.54) is 16.8 Å². The van der Waals surface area contributed by atoms with Crippen molar-refractivity contribution < 1.29 is 4.79 Å². The van der Waals surface area contributed by atoms with Crippen LogP contribution < -0.4 is 15.5 Å². The molecule has 0 aromatic heterocycles. The van der Waals surface area contributed by atoms with Crippen molar-refractivity contribution in [3.63, 3.8) is 0 Å². The minimum atomic E-state index is -0.0372. The van der Waals surface area contributed by atoms with Gasteiger partial charge in [-0.1, -0.05) is 42.5 Å². The van der Waals surface area contributed by atoms with Crippen molar-refractivity contribution in [2.24, 2.45) is 5.92 Å². The molecule has 0 spiro atoms. The van der Waals surface area contributed by atoms with Crippen molar-refractivity contribution in [3.8, 4) is 0 Å². The highest BCUT2D eigenvalue weighted by molar-refractivity contribution is 5.74. The minimum absolute atomic E-state index is 0.0372. The number of carbonyl (C=O) groups excluding carboxylic acids is 1. The van der Waals surface area contributed by atoms with Crippen LogP contribution in [0.3, 0.4) is 0 Å². The third-order valence-corrected chi connectivity index (χ3v) is 5.63. The molecule has 136 valence electrons. The van der Waals surface area contributed by atoms with Crippen molar-refractivity contribution in [2.45, 2.75) is 31.7 Å². The molecule has 2 atom stereocenters. The van der Waals surface area contributed by atoms with Gasteiger partial charge >= 0.3 is 6.03 Å². The van der Waals surface area contributed by atoms with Crippen LogP contribution in [0.5, 0.6) is 0 Å². The maximum absolute atomic E-state index is 12.4. The Morgan fingerprint density at radius 2 is 1.85 bits per heavy atom. The van der Waals surface area contributed by atoms with Gasteiger partial charge in [0.05, 0.1) is 6.04 Å². The molecule has 4 nitrogen and oxygen atoms in total. The summed E-state index contributed by atoms with van der Waals surface area (Å²) in [5.74, 6) is 0.514. The highest BCUT2D eigenvalue weighted by Gasteiger charge is 2.24. The van der Waals surface area contributed by atoms with Gasteiger partial charge in [0.25, 0.3) is 0 Å². The molecule has 4 rings (SSSR count). The predicted molar refractivity (Wildman–Crippen MR) is 105 cm³/mol. The van der Waals surface area contributed by atoms with E-state index in [4.69, 9.17) is 0 Å². The van der Waals surface area contributed by atoms with Crippen LogP contribution >= 0.6 is 0 Å². The summed E-state index contributed by atoms with van der Waals surface area (Å²) in [7, 11) is 0. The molecule has 26 heavy (non-hydrogen) atoms. The van der Waals surface area contributed by atoms with Crippen LogP contribution in [0.4, 0.5) is 10.5 Å². The molecule has 1 saturated heterocycles. The third kappa shape index (κ3) is 3.85. The number of anilines is 1. The Morgan fingerprint density at radius 3 is 2.73 bits per heavy atom. The number of rotatable bonds is 4. The molecule has 2 N–H and O–H groups in total. The van der Waals surface area contributed by atoms with Gasteiger partial charge in [-0.05, 0) is 54.9 Å². The van der Waals surface area contributed by atoms with Gasteiger partial charge in [-0.2, -0.15) is 0 Å². The van der Waals surface area contributed by atoms with Crippen molar-refractivity contribution in [1.29, 1.82) is 0 Å². The second-order valence-corrected chi connectivity index (χ2v) is 7.43. The standard InChI is InChI=1S/C22H27N3O/c26-22(24-21-12-6-8-18-7-4-5-11-20(18)21)23-15-17-13-14-25(16-17)19-9-2-1-3-10-19/h1-5,7,9-11,17,21H,6,8,12-16H2,(H2,23,24,26)/t17-,21-/m1/s1. The first kappa shape index (κ1) is 17.0. The molecule has 0 unspecified atom stereocenters. The lowest BCUT2D eigenvalue weighted by Gasteiger charge is -2.26. The van der Waals surface area contributed by atoms with Crippen molar-refractivity contribution in [2.75, 3.05) is 24.5 Å². The Kier molecular flexibility index (Phi) is 5.09. The maximum Gasteiger partial charge on any atom is 0.315 e. The van der Waals surface area contributed by atoms with E-state index in [9.17, 15) is 4.79 Å². The Bertz CT molecular complexity index is 746. The molecular formula is C22H27N3O. The molecule has 2 aromatic rings. The zero-order chi connectivity index (χ0) is 17.8. The number of nitrogens with zero attached hydrogens (tertiary/aromatic N) is 1. The summed E-state index contributed by atoms with van der Waals surface area (Å²) in [5, 5.41) is 6.28. The first-order valence-electron chi connectivity index (χ1n) is 9.72. The van der Waals surface area contributed by atoms with Gasteiger partial charge in [0.1, 0.15) is 0 Å². The van der Waals surface area contributed by atoms with Crippen LogP contribution in [0.2, 0.25) is 0 Å². The molecule has 1 aliphatic carbocycles. The fourth-order valence-corrected chi connectivity index (χ4v) is 4.22. The van der Waals surface area contributed by atoms with Gasteiger partial charge in [-0.25, -0.2) is 4.79 Å². The van der Waals surface area contributed by atoms with Gasteiger partial charge in [0, 0.05) is 25.3 Å². The Hall–Kier alpha value is -2.49. The summed E-state index contributed by atoms with van der Waals surface area (Å²) in [4.78, 5) is 14.8. The summed E-state index contributed by atoms with van der Waals surface area (Å²) in [5.41, 5.74) is 3.93. The minimum Gasteiger partial charge on any atom is -0.371 e. The van der Waals surface area contributed by atoms with E-state index in [2.05, 4.69) is 64.1 Å². The molecule has 4 heteroatoms. The lowest BCUT2D eigenvalue weighted by molar-refractivity contribution is 0.234. The molecular weight excluding hydrogens is 322 g/mol. The fraction of sp³-hybridized carbons (Fsp3) is 0.409. The quantitative estimate of drug-likeness (QED) is 0.879. The van der Waals surface area contributed by atoms with Gasteiger partial charge in [-0.15, -0.1) is 0 Å². The Labute approximate surface area is 155 Å². The number of amides is 2. The van der Waals surface area contributed by atoms with Crippen molar-refractivity contribution in [1.82, 2.24) is 10.6 Å². The average molecular weight is 349 g/mol. The number of benzene rings is 2. The summed E-state index contributed by atoms with van der Waals surface area (Å²) < 4.78 is 0. The van der Waals surface area contributed by atoms with E-state index in [1.54, 1.807) is 0 Å². The zero-order valence-electron chi connectivity index (χ0n) is 15.2. The molecule has 1 heterocycles. The van der Waals surface area contributed by atoms with Crippen LogP contribution in [0, 0.1) is 5.92 Å². The number of para-hydroxylation sites is 1. The molecule has 1 fully saturated rings. The van der Waals surface area contributed by atoms with Crippen LogP contribution in [-0.2, 0) is 6.42 Å². The van der Waals surface area contributed by atoms with E-state index in [-0.39, 0.29) is 12.1 Å². The first-order valence-corrected chi connectivity index (χ1v) is 9.72. The highest BCUT2D eigenvalue weighted by Crippen LogP contribution is 2.29. The van der Waals surface area contributed by atoms with Crippen LogP contribution in [-0.4, -0.2) is 25.7 Å². The van der Waals surface area contributed by atoms with E-state index >= 15 is 0 Å². The summed E-state index contributed by atoms with van der Waals surface area (Å²) in [6.45, 7) is 2.81. The van der Waals surface area contributed by atoms with E-state index in [0.717, 1.165) is 45.3 Å². The summed E-state index contributed by atoms with van der Waals surface area (Å²) in [6, 6.07) is 19.1. The lowest BCUT2D eigenvalue weighted by atomic mass is 9.88. The predicted octanol–water partition coefficient (Wildman–Crippen LogP) is 3.89. The average Bonchev–Trinajstić information content (AvgIpc) is 3.17. The molecule has 0 saturated carbocycles. The van der Waals surface area contributed by atoms with E-state index in [1.807, 2.05) is 6.07 Å². The fourth-order valence-electron chi connectivity index (χ4n) is 4.22.